The Bertz CT molecular complexity index is 556. The van der Waals surface area contributed by atoms with Gasteiger partial charge >= 0.3 is 12.1 Å². The van der Waals surface area contributed by atoms with Gasteiger partial charge < -0.3 is 14.6 Å². The number of pyridine rings is 1. The Balaban J connectivity index is 0.000000277. The van der Waals surface area contributed by atoms with Crippen LogP contribution >= 0.6 is 0 Å². The number of ether oxygens (including phenoxy) is 2. The molecule has 9 heteroatoms. The second-order valence-electron chi connectivity index (χ2n) is 5.89. The molecule has 0 spiro atoms. The SMILES string of the molecule is CO[C@H]1CC[C@H]2[C@H]1OCCN2Cc1cccnc1.O=C(O)C(F)(F)F. The number of aromatic nitrogens is 1. The first-order chi connectivity index (χ1) is 11.8. The van der Waals surface area contributed by atoms with Gasteiger partial charge in [0, 0.05) is 38.6 Å². The zero-order chi connectivity index (χ0) is 18.4. The van der Waals surface area contributed by atoms with Crippen LogP contribution in [0.2, 0.25) is 0 Å². The lowest BCUT2D eigenvalue weighted by Crippen LogP contribution is -2.51. The van der Waals surface area contributed by atoms with Crippen molar-refractivity contribution in [1.82, 2.24) is 9.88 Å². The molecule has 0 bridgehead atoms. The number of alkyl halides is 3. The molecule has 1 N–H and O–H groups in total. The van der Waals surface area contributed by atoms with E-state index in [0.29, 0.717) is 6.04 Å². The molecule has 0 unspecified atom stereocenters. The van der Waals surface area contributed by atoms with Crippen LogP contribution in [0.15, 0.2) is 24.5 Å². The zero-order valence-electron chi connectivity index (χ0n) is 13.8. The van der Waals surface area contributed by atoms with Crippen LogP contribution in [-0.2, 0) is 20.8 Å². The average molecular weight is 362 g/mol. The van der Waals surface area contributed by atoms with E-state index in [0.717, 1.165) is 26.1 Å². The van der Waals surface area contributed by atoms with Crippen molar-refractivity contribution < 1.29 is 32.5 Å². The number of aliphatic carboxylic acids is 1. The van der Waals surface area contributed by atoms with Gasteiger partial charge in [-0.1, -0.05) is 6.07 Å². The zero-order valence-corrected chi connectivity index (χ0v) is 13.8. The van der Waals surface area contributed by atoms with Crippen molar-refractivity contribution in [2.45, 2.75) is 43.8 Å². The highest BCUT2D eigenvalue weighted by atomic mass is 19.4. The van der Waals surface area contributed by atoms with E-state index in [2.05, 4.69) is 16.0 Å². The van der Waals surface area contributed by atoms with E-state index in [1.807, 2.05) is 18.5 Å². The summed E-state index contributed by atoms with van der Waals surface area (Å²) in [4.78, 5) is 15.6. The van der Waals surface area contributed by atoms with Crippen molar-refractivity contribution in [2.75, 3.05) is 20.3 Å². The lowest BCUT2D eigenvalue weighted by atomic mass is 10.1. The summed E-state index contributed by atoms with van der Waals surface area (Å²) >= 11 is 0. The maximum Gasteiger partial charge on any atom is 0.490 e. The molecule has 0 aromatic carbocycles. The summed E-state index contributed by atoms with van der Waals surface area (Å²) in [6.07, 6.45) is 1.49. The van der Waals surface area contributed by atoms with E-state index < -0.39 is 12.1 Å². The predicted octanol–water partition coefficient (Wildman–Crippen LogP) is 2.09. The second-order valence-corrected chi connectivity index (χ2v) is 5.89. The lowest BCUT2D eigenvalue weighted by molar-refractivity contribution is -0.192. The Morgan fingerprint density at radius 3 is 2.76 bits per heavy atom. The quantitative estimate of drug-likeness (QED) is 0.888. The second kappa shape index (κ2) is 8.59. The number of hydrogen-bond donors (Lipinski definition) is 1. The molecular formula is C16H21F3N2O4. The molecule has 1 aromatic rings. The van der Waals surface area contributed by atoms with Crippen molar-refractivity contribution in [2.24, 2.45) is 0 Å². The summed E-state index contributed by atoms with van der Waals surface area (Å²) < 4.78 is 43.1. The Hall–Kier alpha value is -1.71. The smallest absolute Gasteiger partial charge is 0.475 e. The molecule has 1 aliphatic carbocycles. The van der Waals surface area contributed by atoms with Crippen LogP contribution in [0.3, 0.4) is 0 Å². The summed E-state index contributed by atoms with van der Waals surface area (Å²) in [6.45, 7) is 2.78. The van der Waals surface area contributed by atoms with Crippen LogP contribution in [0.4, 0.5) is 13.2 Å². The van der Waals surface area contributed by atoms with Crippen LogP contribution in [0, 0.1) is 0 Å². The highest BCUT2D eigenvalue weighted by molar-refractivity contribution is 5.73. The molecule has 2 fully saturated rings. The van der Waals surface area contributed by atoms with Crippen LogP contribution < -0.4 is 0 Å². The molecule has 1 saturated carbocycles. The van der Waals surface area contributed by atoms with Gasteiger partial charge in [0.1, 0.15) is 0 Å². The van der Waals surface area contributed by atoms with E-state index in [1.165, 1.54) is 12.0 Å². The topological polar surface area (TPSA) is 71.9 Å². The van der Waals surface area contributed by atoms with Gasteiger partial charge in [-0.05, 0) is 24.5 Å². The molecule has 3 atom stereocenters. The maximum absolute atomic E-state index is 10.6. The summed E-state index contributed by atoms with van der Waals surface area (Å²) in [5.74, 6) is -2.76. The molecule has 6 nitrogen and oxygen atoms in total. The minimum Gasteiger partial charge on any atom is -0.475 e. The molecule has 0 radical (unpaired) electrons. The first-order valence-corrected chi connectivity index (χ1v) is 7.90. The minimum atomic E-state index is -5.08. The molecule has 1 aliphatic heterocycles. The number of carboxylic acids is 1. The van der Waals surface area contributed by atoms with Gasteiger partial charge in [0.2, 0.25) is 0 Å². The summed E-state index contributed by atoms with van der Waals surface area (Å²) in [5, 5.41) is 7.12. The molecule has 140 valence electrons. The summed E-state index contributed by atoms with van der Waals surface area (Å²) in [6, 6.07) is 4.64. The highest BCUT2D eigenvalue weighted by Gasteiger charge is 2.42. The van der Waals surface area contributed by atoms with Crippen LogP contribution in [-0.4, -0.2) is 65.6 Å². The number of fused-ring (bicyclic) bond motifs is 1. The summed E-state index contributed by atoms with van der Waals surface area (Å²) in [7, 11) is 1.79. The fourth-order valence-corrected chi connectivity index (χ4v) is 3.17. The molecule has 25 heavy (non-hydrogen) atoms. The third kappa shape index (κ3) is 5.38. The van der Waals surface area contributed by atoms with E-state index in [-0.39, 0.29) is 12.2 Å². The van der Waals surface area contributed by atoms with Gasteiger partial charge in [-0.25, -0.2) is 4.79 Å². The number of rotatable bonds is 3. The molecular weight excluding hydrogens is 341 g/mol. The maximum atomic E-state index is 10.6. The normalized spacial score (nSPS) is 26.5. The molecule has 3 rings (SSSR count). The van der Waals surface area contributed by atoms with Crippen molar-refractivity contribution in [3.05, 3.63) is 30.1 Å². The number of morpholine rings is 1. The third-order valence-corrected chi connectivity index (χ3v) is 4.30. The summed E-state index contributed by atoms with van der Waals surface area (Å²) in [5.41, 5.74) is 1.28. The largest absolute Gasteiger partial charge is 0.490 e. The fraction of sp³-hybridized carbons (Fsp3) is 0.625. The highest BCUT2D eigenvalue weighted by Crippen LogP contribution is 2.32. The van der Waals surface area contributed by atoms with Crippen molar-refractivity contribution >= 4 is 5.97 Å². The number of methoxy groups -OCH3 is 1. The van der Waals surface area contributed by atoms with Gasteiger partial charge in [0.05, 0.1) is 18.8 Å². The van der Waals surface area contributed by atoms with E-state index in [9.17, 15) is 13.2 Å². The monoisotopic (exact) mass is 362 g/mol. The van der Waals surface area contributed by atoms with E-state index in [1.54, 1.807) is 7.11 Å². The first kappa shape index (κ1) is 19.6. The molecule has 0 amide bonds. The van der Waals surface area contributed by atoms with Gasteiger partial charge in [-0.15, -0.1) is 0 Å². The first-order valence-electron chi connectivity index (χ1n) is 7.90. The van der Waals surface area contributed by atoms with Gasteiger partial charge in [-0.3, -0.25) is 9.88 Å². The predicted molar refractivity (Wildman–Crippen MR) is 81.9 cm³/mol. The van der Waals surface area contributed by atoms with Crippen LogP contribution in [0.25, 0.3) is 0 Å². The molecule has 2 aliphatic rings. The lowest BCUT2D eigenvalue weighted by Gasteiger charge is -2.38. The van der Waals surface area contributed by atoms with Gasteiger partial charge in [0.25, 0.3) is 0 Å². The molecule has 1 aromatic heterocycles. The number of halogens is 3. The van der Waals surface area contributed by atoms with Crippen LogP contribution in [0.1, 0.15) is 18.4 Å². The Morgan fingerprint density at radius 2 is 2.20 bits per heavy atom. The average Bonchev–Trinajstić information content (AvgIpc) is 3.00. The number of nitrogens with zero attached hydrogens (tertiary/aromatic N) is 2. The van der Waals surface area contributed by atoms with E-state index >= 15 is 0 Å². The number of carbonyl (C=O) groups is 1. The van der Waals surface area contributed by atoms with E-state index in [4.69, 9.17) is 19.4 Å². The minimum absolute atomic E-state index is 0.250. The van der Waals surface area contributed by atoms with Crippen LogP contribution in [0.5, 0.6) is 0 Å². The standard InChI is InChI=1S/C14H20N2O2.C2HF3O2/c1-17-13-5-4-12-14(13)18-8-7-16(12)10-11-3-2-6-15-9-11;3-2(4,5)1(6)7/h2-3,6,9,12-14H,4-5,7-8,10H2,1H3;(H,6,7)/t12-,13-,14+;/m0./s1. The van der Waals surface area contributed by atoms with Crippen molar-refractivity contribution in [3.8, 4) is 0 Å². The van der Waals surface area contributed by atoms with Crippen molar-refractivity contribution in [1.29, 1.82) is 0 Å². The molecule has 1 saturated heterocycles. The molecule has 2 heterocycles. The van der Waals surface area contributed by atoms with Crippen molar-refractivity contribution in [3.63, 3.8) is 0 Å². The fourth-order valence-electron chi connectivity index (χ4n) is 3.17. The Morgan fingerprint density at radius 1 is 1.48 bits per heavy atom. The number of hydrogen-bond acceptors (Lipinski definition) is 5. The number of carboxylic acid groups (broad SMARTS) is 1. The van der Waals surface area contributed by atoms with Gasteiger partial charge in [-0.2, -0.15) is 13.2 Å². The van der Waals surface area contributed by atoms with Gasteiger partial charge in [0.15, 0.2) is 0 Å². The Kier molecular flexibility index (Phi) is 6.74. The Labute approximate surface area is 143 Å². The third-order valence-electron chi connectivity index (χ3n) is 4.30.